The summed E-state index contributed by atoms with van der Waals surface area (Å²) in [5, 5.41) is 3.40. The summed E-state index contributed by atoms with van der Waals surface area (Å²) in [7, 11) is 2.06. The molecule has 2 unspecified atom stereocenters. The summed E-state index contributed by atoms with van der Waals surface area (Å²) in [5.41, 5.74) is 0. The second-order valence-electron chi connectivity index (χ2n) is 4.38. The van der Waals surface area contributed by atoms with Gasteiger partial charge in [-0.15, -0.1) is 0 Å². The van der Waals surface area contributed by atoms with Crippen LogP contribution in [0, 0.1) is 0 Å². The molecule has 0 saturated carbocycles. The molecule has 0 rings (SSSR count). The summed E-state index contributed by atoms with van der Waals surface area (Å²) in [4.78, 5) is 2.59. The minimum atomic E-state index is 0.615. The maximum atomic E-state index is 3.40. The van der Waals surface area contributed by atoms with E-state index in [1.165, 1.54) is 19.4 Å². The number of nitrogens with one attached hydrogen (secondary N) is 1. The predicted molar refractivity (Wildman–Crippen MR) is 64.7 cm³/mol. The van der Waals surface area contributed by atoms with E-state index >= 15 is 0 Å². The smallest absolute Gasteiger partial charge is 0.0223 e. The fourth-order valence-electron chi connectivity index (χ4n) is 2.21. The van der Waals surface area contributed by atoms with Crippen LogP contribution in [0.4, 0.5) is 0 Å². The van der Waals surface area contributed by atoms with Gasteiger partial charge in [0.05, 0.1) is 0 Å². The maximum absolute atomic E-state index is 3.40. The van der Waals surface area contributed by atoms with Crippen molar-refractivity contribution in [1.29, 1.82) is 0 Å². The van der Waals surface area contributed by atoms with Crippen LogP contribution in [0.15, 0.2) is 0 Å². The van der Waals surface area contributed by atoms with Crippen molar-refractivity contribution in [2.45, 2.75) is 65.6 Å². The molecule has 0 spiro atoms. The molecule has 0 bridgehead atoms. The average molecular weight is 200 g/mol. The second-order valence-corrected chi connectivity index (χ2v) is 4.38. The van der Waals surface area contributed by atoms with Crippen LogP contribution in [-0.2, 0) is 0 Å². The van der Waals surface area contributed by atoms with E-state index in [1.54, 1.807) is 0 Å². The Kier molecular flexibility index (Phi) is 7.20. The number of rotatable bonds is 7. The SMILES string of the molecule is CCCN(C(C)C)C(C)C(CC)NC. The topological polar surface area (TPSA) is 15.3 Å². The lowest BCUT2D eigenvalue weighted by Gasteiger charge is -2.37. The van der Waals surface area contributed by atoms with Crippen molar-refractivity contribution in [2.24, 2.45) is 0 Å². The molecule has 0 aliphatic rings. The highest BCUT2D eigenvalue weighted by Gasteiger charge is 2.22. The minimum Gasteiger partial charge on any atom is -0.315 e. The van der Waals surface area contributed by atoms with E-state index < -0.39 is 0 Å². The van der Waals surface area contributed by atoms with Gasteiger partial charge in [-0.1, -0.05) is 13.8 Å². The standard InChI is InChI=1S/C12H28N2/c1-7-9-14(10(3)4)11(5)12(8-2)13-6/h10-13H,7-9H2,1-6H3. The summed E-state index contributed by atoms with van der Waals surface area (Å²) in [6, 6.07) is 1.89. The fourth-order valence-corrected chi connectivity index (χ4v) is 2.21. The normalized spacial score (nSPS) is 16.3. The van der Waals surface area contributed by atoms with Crippen LogP contribution >= 0.6 is 0 Å². The van der Waals surface area contributed by atoms with Crippen molar-refractivity contribution in [2.75, 3.05) is 13.6 Å². The quantitative estimate of drug-likeness (QED) is 0.679. The molecule has 0 aromatic rings. The first-order chi connectivity index (χ1) is 6.58. The molecule has 0 fully saturated rings. The predicted octanol–water partition coefficient (Wildman–Crippen LogP) is 2.49. The Bertz CT molecular complexity index is 130. The van der Waals surface area contributed by atoms with Gasteiger partial charge in [-0.25, -0.2) is 0 Å². The number of likely N-dealkylation sites (N-methyl/N-ethyl adjacent to an activating group) is 1. The molecule has 0 saturated heterocycles. The maximum Gasteiger partial charge on any atom is 0.0223 e. The Morgan fingerprint density at radius 1 is 1.14 bits per heavy atom. The fraction of sp³-hybridized carbons (Fsp3) is 1.00. The zero-order valence-electron chi connectivity index (χ0n) is 10.8. The molecule has 0 aromatic carbocycles. The number of nitrogens with zero attached hydrogens (tertiary/aromatic N) is 1. The van der Waals surface area contributed by atoms with Crippen LogP contribution in [0.3, 0.4) is 0 Å². The molecular formula is C12H28N2. The minimum absolute atomic E-state index is 0.615. The van der Waals surface area contributed by atoms with Crippen LogP contribution in [0.25, 0.3) is 0 Å². The van der Waals surface area contributed by atoms with Gasteiger partial charge in [0.2, 0.25) is 0 Å². The first-order valence-corrected chi connectivity index (χ1v) is 6.01. The summed E-state index contributed by atoms with van der Waals surface area (Å²) in [6.07, 6.45) is 2.44. The molecule has 2 atom stereocenters. The Morgan fingerprint density at radius 3 is 2.00 bits per heavy atom. The molecule has 2 nitrogen and oxygen atoms in total. The number of hydrogen-bond donors (Lipinski definition) is 1. The van der Waals surface area contributed by atoms with E-state index in [9.17, 15) is 0 Å². The van der Waals surface area contributed by atoms with Gasteiger partial charge in [0.15, 0.2) is 0 Å². The summed E-state index contributed by atoms with van der Waals surface area (Å²) in [5.74, 6) is 0. The third-order valence-corrected chi connectivity index (χ3v) is 3.06. The van der Waals surface area contributed by atoms with Crippen molar-refractivity contribution < 1.29 is 0 Å². The van der Waals surface area contributed by atoms with Gasteiger partial charge >= 0.3 is 0 Å². The molecule has 0 radical (unpaired) electrons. The van der Waals surface area contributed by atoms with E-state index in [2.05, 4.69) is 51.9 Å². The van der Waals surface area contributed by atoms with E-state index in [1.807, 2.05) is 0 Å². The molecule has 0 amide bonds. The van der Waals surface area contributed by atoms with E-state index in [0.717, 1.165) is 0 Å². The molecule has 2 heteroatoms. The van der Waals surface area contributed by atoms with E-state index in [-0.39, 0.29) is 0 Å². The lowest BCUT2D eigenvalue weighted by atomic mass is 10.0. The first kappa shape index (κ1) is 13.9. The summed E-state index contributed by atoms with van der Waals surface area (Å²) < 4.78 is 0. The van der Waals surface area contributed by atoms with Gasteiger partial charge in [-0.2, -0.15) is 0 Å². The zero-order chi connectivity index (χ0) is 11.1. The molecule has 86 valence electrons. The highest BCUT2D eigenvalue weighted by atomic mass is 15.2. The third-order valence-electron chi connectivity index (χ3n) is 3.06. The van der Waals surface area contributed by atoms with E-state index in [0.29, 0.717) is 18.1 Å². The molecule has 1 N–H and O–H groups in total. The lowest BCUT2D eigenvalue weighted by molar-refractivity contribution is 0.132. The average Bonchev–Trinajstić information content (AvgIpc) is 2.15. The molecule has 0 aromatic heterocycles. The second kappa shape index (κ2) is 7.24. The monoisotopic (exact) mass is 200 g/mol. The molecule has 0 aliphatic heterocycles. The zero-order valence-corrected chi connectivity index (χ0v) is 10.8. The van der Waals surface area contributed by atoms with Crippen LogP contribution < -0.4 is 5.32 Å². The van der Waals surface area contributed by atoms with Gasteiger partial charge in [0, 0.05) is 18.1 Å². The van der Waals surface area contributed by atoms with Crippen LogP contribution in [-0.4, -0.2) is 36.6 Å². The van der Waals surface area contributed by atoms with Crippen molar-refractivity contribution >= 4 is 0 Å². The van der Waals surface area contributed by atoms with Crippen molar-refractivity contribution in [3.8, 4) is 0 Å². The highest BCUT2D eigenvalue weighted by molar-refractivity contribution is 4.80. The van der Waals surface area contributed by atoms with Gasteiger partial charge in [-0.05, 0) is 47.2 Å². The van der Waals surface area contributed by atoms with Gasteiger partial charge < -0.3 is 5.32 Å². The van der Waals surface area contributed by atoms with Crippen LogP contribution in [0.5, 0.6) is 0 Å². The summed E-state index contributed by atoms with van der Waals surface area (Å²) >= 11 is 0. The molecule has 0 heterocycles. The van der Waals surface area contributed by atoms with Crippen LogP contribution in [0.1, 0.15) is 47.5 Å². The Hall–Kier alpha value is -0.0800. The Morgan fingerprint density at radius 2 is 1.71 bits per heavy atom. The Balaban J connectivity index is 4.32. The van der Waals surface area contributed by atoms with E-state index in [4.69, 9.17) is 0 Å². The largest absolute Gasteiger partial charge is 0.315 e. The molecule has 0 aliphatic carbocycles. The summed E-state index contributed by atoms with van der Waals surface area (Å²) in [6.45, 7) is 12.6. The van der Waals surface area contributed by atoms with Crippen molar-refractivity contribution in [3.05, 3.63) is 0 Å². The van der Waals surface area contributed by atoms with Gasteiger partial charge in [0.1, 0.15) is 0 Å². The van der Waals surface area contributed by atoms with Gasteiger partial charge in [-0.3, -0.25) is 4.90 Å². The first-order valence-electron chi connectivity index (χ1n) is 6.01. The van der Waals surface area contributed by atoms with Crippen LogP contribution in [0.2, 0.25) is 0 Å². The third kappa shape index (κ3) is 3.97. The number of hydrogen-bond acceptors (Lipinski definition) is 2. The van der Waals surface area contributed by atoms with Crippen molar-refractivity contribution in [3.63, 3.8) is 0 Å². The highest BCUT2D eigenvalue weighted by Crippen LogP contribution is 2.11. The Labute approximate surface area is 90.1 Å². The lowest BCUT2D eigenvalue weighted by Crippen LogP contribution is -2.50. The molecule has 14 heavy (non-hydrogen) atoms. The van der Waals surface area contributed by atoms with Crippen molar-refractivity contribution in [1.82, 2.24) is 10.2 Å². The molecular weight excluding hydrogens is 172 g/mol. The van der Waals surface area contributed by atoms with Gasteiger partial charge in [0.25, 0.3) is 0 Å².